The van der Waals surface area contributed by atoms with E-state index >= 15 is 0 Å². The standard InChI is InChI=1S/C12H20N2O2/c1-3-5-6-7-13-8-10-14(11-9-13)12(15)16-4-2/h1H,4-11H2,2H3. The van der Waals surface area contributed by atoms with Gasteiger partial charge in [-0.2, -0.15) is 0 Å². The summed E-state index contributed by atoms with van der Waals surface area (Å²) in [5.74, 6) is 2.64. The van der Waals surface area contributed by atoms with Crippen LogP contribution in [0.1, 0.15) is 19.8 Å². The molecule has 0 aromatic carbocycles. The first kappa shape index (κ1) is 12.9. The van der Waals surface area contributed by atoms with Gasteiger partial charge in [-0.05, 0) is 19.9 Å². The molecule has 4 nitrogen and oxygen atoms in total. The van der Waals surface area contributed by atoms with Crippen molar-refractivity contribution in [3.63, 3.8) is 0 Å². The van der Waals surface area contributed by atoms with E-state index < -0.39 is 0 Å². The van der Waals surface area contributed by atoms with Gasteiger partial charge in [0.2, 0.25) is 0 Å². The minimum atomic E-state index is -0.189. The Morgan fingerprint density at radius 3 is 2.62 bits per heavy atom. The molecule has 1 aliphatic heterocycles. The van der Waals surface area contributed by atoms with Crippen LogP contribution in [0, 0.1) is 12.3 Å². The molecule has 0 saturated carbocycles. The van der Waals surface area contributed by atoms with Crippen LogP contribution < -0.4 is 0 Å². The average Bonchev–Trinajstić information content (AvgIpc) is 2.30. The van der Waals surface area contributed by atoms with Crippen molar-refractivity contribution >= 4 is 6.09 Å². The lowest BCUT2D eigenvalue weighted by atomic mass is 10.2. The first-order valence-electron chi connectivity index (χ1n) is 5.85. The van der Waals surface area contributed by atoms with E-state index in [4.69, 9.17) is 11.2 Å². The van der Waals surface area contributed by atoms with Crippen LogP contribution in [-0.4, -0.2) is 55.2 Å². The maximum absolute atomic E-state index is 11.4. The van der Waals surface area contributed by atoms with Gasteiger partial charge in [0.05, 0.1) is 6.61 Å². The van der Waals surface area contributed by atoms with E-state index in [0.29, 0.717) is 6.61 Å². The summed E-state index contributed by atoms with van der Waals surface area (Å²) in [4.78, 5) is 15.5. The molecule has 0 aromatic rings. The van der Waals surface area contributed by atoms with Crippen LogP contribution in [-0.2, 0) is 4.74 Å². The number of carbonyl (C=O) groups excluding carboxylic acids is 1. The van der Waals surface area contributed by atoms with Gasteiger partial charge >= 0.3 is 6.09 Å². The normalized spacial score (nSPS) is 16.9. The Balaban J connectivity index is 2.18. The molecule has 0 bridgehead atoms. The van der Waals surface area contributed by atoms with Gasteiger partial charge in [-0.1, -0.05) is 0 Å². The number of amides is 1. The largest absolute Gasteiger partial charge is 0.450 e. The Morgan fingerprint density at radius 2 is 2.06 bits per heavy atom. The lowest BCUT2D eigenvalue weighted by molar-refractivity contribution is 0.0795. The summed E-state index contributed by atoms with van der Waals surface area (Å²) in [6, 6.07) is 0. The lowest BCUT2D eigenvalue weighted by Gasteiger charge is -2.33. The Morgan fingerprint density at radius 1 is 1.38 bits per heavy atom. The van der Waals surface area contributed by atoms with Crippen LogP contribution in [0.2, 0.25) is 0 Å². The molecule has 1 aliphatic rings. The number of terminal acetylenes is 1. The highest BCUT2D eigenvalue weighted by Gasteiger charge is 2.21. The average molecular weight is 224 g/mol. The Kier molecular flexibility index (Phi) is 5.73. The minimum absolute atomic E-state index is 0.189. The third-order valence-corrected chi connectivity index (χ3v) is 2.69. The van der Waals surface area contributed by atoms with Gasteiger partial charge in [-0.15, -0.1) is 12.3 Å². The molecular formula is C12H20N2O2. The highest BCUT2D eigenvalue weighted by Crippen LogP contribution is 2.05. The molecular weight excluding hydrogens is 204 g/mol. The highest BCUT2D eigenvalue weighted by molar-refractivity contribution is 5.67. The topological polar surface area (TPSA) is 32.8 Å². The first-order valence-corrected chi connectivity index (χ1v) is 5.85. The number of hydrogen-bond donors (Lipinski definition) is 0. The van der Waals surface area contributed by atoms with Crippen LogP contribution in [0.4, 0.5) is 4.79 Å². The number of carbonyl (C=O) groups is 1. The zero-order chi connectivity index (χ0) is 11.8. The Labute approximate surface area is 97.5 Å². The fourth-order valence-corrected chi connectivity index (χ4v) is 1.77. The van der Waals surface area contributed by atoms with E-state index in [2.05, 4.69) is 10.8 Å². The van der Waals surface area contributed by atoms with Crippen molar-refractivity contribution < 1.29 is 9.53 Å². The van der Waals surface area contributed by atoms with Gasteiger partial charge in [0.25, 0.3) is 0 Å². The monoisotopic (exact) mass is 224 g/mol. The number of rotatable bonds is 4. The highest BCUT2D eigenvalue weighted by atomic mass is 16.6. The molecule has 16 heavy (non-hydrogen) atoms. The first-order chi connectivity index (χ1) is 7.77. The zero-order valence-electron chi connectivity index (χ0n) is 9.95. The van der Waals surface area contributed by atoms with E-state index in [1.54, 1.807) is 4.90 Å². The van der Waals surface area contributed by atoms with E-state index in [-0.39, 0.29) is 6.09 Å². The van der Waals surface area contributed by atoms with Crippen LogP contribution >= 0.6 is 0 Å². The second-order valence-electron chi connectivity index (χ2n) is 3.84. The SMILES string of the molecule is C#CCCCN1CCN(C(=O)OCC)CC1. The van der Waals surface area contributed by atoms with Crippen LogP contribution in [0.3, 0.4) is 0 Å². The van der Waals surface area contributed by atoms with E-state index in [1.165, 1.54) is 0 Å². The fraction of sp³-hybridized carbons (Fsp3) is 0.750. The summed E-state index contributed by atoms with van der Waals surface area (Å²) in [5.41, 5.74) is 0. The molecule has 0 aromatic heterocycles. The maximum Gasteiger partial charge on any atom is 0.409 e. The van der Waals surface area contributed by atoms with E-state index in [9.17, 15) is 4.79 Å². The summed E-state index contributed by atoms with van der Waals surface area (Å²) < 4.78 is 4.96. The number of nitrogens with zero attached hydrogens (tertiary/aromatic N) is 2. The number of hydrogen-bond acceptors (Lipinski definition) is 3. The summed E-state index contributed by atoms with van der Waals surface area (Å²) in [6.45, 7) is 6.66. The quantitative estimate of drug-likeness (QED) is 0.531. The molecule has 0 radical (unpaired) electrons. The van der Waals surface area contributed by atoms with Crippen molar-refractivity contribution in [1.29, 1.82) is 0 Å². The predicted octanol–water partition coefficient (Wildman–Crippen LogP) is 1.17. The summed E-state index contributed by atoms with van der Waals surface area (Å²) >= 11 is 0. The molecule has 0 spiro atoms. The van der Waals surface area contributed by atoms with Crippen molar-refractivity contribution in [2.24, 2.45) is 0 Å². The molecule has 1 rings (SSSR count). The van der Waals surface area contributed by atoms with Crippen LogP contribution in [0.25, 0.3) is 0 Å². The summed E-state index contributed by atoms with van der Waals surface area (Å²) in [7, 11) is 0. The van der Waals surface area contributed by atoms with Gasteiger partial charge in [0, 0.05) is 32.6 Å². The molecule has 0 unspecified atom stereocenters. The molecule has 1 fully saturated rings. The molecule has 1 amide bonds. The fourth-order valence-electron chi connectivity index (χ4n) is 1.77. The molecule has 1 heterocycles. The van der Waals surface area contributed by atoms with E-state index in [0.717, 1.165) is 45.6 Å². The van der Waals surface area contributed by atoms with Crippen molar-refractivity contribution in [1.82, 2.24) is 9.80 Å². The summed E-state index contributed by atoms with van der Waals surface area (Å²) in [5, 5.41) is 0. The Bertz CT molecular complexity index is 252. The molecule has 0 aliphatic carbocycles. The molecule has 0 atom stereocenters. The predicted molar refractivity (Wildman–Crippen MR) is 63.1 cm³/mol. The van der Waals surface area contributed by atoms with Crippen molar-refractivity contribution in [2.75, 3.05) is 39.3 Å². The molecule has 90 valence electrons. The van der Waals surface area contributed by atoms with Gasteiger partial charge in [-0.3, -0.25) is 4.90 Å². The van der Waals surface area contributed by atoms with Gasteiger partial charge in [-0.25, -0.2) is 4.79 Å². The molecule has 4 heteroatoms. The maximum atomic E-state index is 11.4. The second kappa shape index (κ2) is 7.13. The van der Waals surface area contributed by atoms with Gasteiger partial charge < -0.3 is 9.64 Å². The number of ether oxygens (including phenoxy) is 1. The summed E-state index contributed by atoms with van der Waals surface area (Å²) in [6.07, 6.45) is 6.88. The van der Waals surface area contributed by atoms with Crippen LogP contribution in [0.5, 0.6) is 0 Å². The zero-order valence-corrected chi connectivity index (χ0v) is 9.95. The third-order valence-electron chi connectivity index (χ3n) is 2.69. The smallest absolute Gasteiger partial charge is 0.409 e. The molecule has 0 N–H and O–H groups in total. The van der Waals surface area contributed by atoms with Crippen molar-refractivity contribution in [3.8, 4) is 12.3 Å². The molecule has 1 saturated heterocycles. The lowest BCUT2D eigenvalue weighted by Crippen LogP contribution is -2.49. The second-order valence-corrected chi connectivity index (χ2v) is 3.84. The van der Waals surface area contributed by atoms with Crippen molar-refractivity contribution in [2.45, 2.75) is 19.8 Å². The number of piperazine rings is 1. The van der Waals surface area contributed by atoms with Gasteiger partial charge in [0.1, 0.15) is 0 Å². The van der Waals surface area contributed by atoms with E-state index in [1.807, 2.05) is 6.92 Å². The van der Waals surface area contributed by atoms with Gasteiger partial charge in [0.15, 0.2) is 0 Å². The third kappa shape index (κ3) is 4.11. The number of unbranched alkanes of at least 4 members (excludes halogenated alkanes) is 1. The van der Waals surface area contributed by atoms with Crippen LogP contribution in [0.15, 0.2) is 0 Å². The Hall–Kier alpha value is -1.21. The minimum Gasteiger partial charge on any atom is -0.450 e. The van der Waals surface area contributed by atoms with Crippen molar-refractivity contribution in [3.05, 3.63) is 0 Å².